The number of rotatable bonds is 6. The number of carbonyl (C=O) groups is 1. The van der Waals surface area contributed by atoms with Gasteiger partial charge in [0, 0.05) is 17.6 Å². The second kappa shape index (κ2) is 5.71. The number of hydrogen-bond acceptors (Lipinski definition) is 3. The third-order valence-corrected chi connectivity index (χ3v) is 5.61. The van der Waals surface area contributed by atoms with E-state index in [9.17, 15) is 13.2 Å². The molecule has 0 aliphatic heterocycles. The molecule has 20 heavy (non-hydrogen) atoms. The van der Waals surface area contributed by atoms with E-state index in [2.05, 4.69) is 0 Å². The summed E-state index contributed by atoms with van der Waals surface area (Å²) in [7, 11) is -3.66. The second-order valence-corrected chi connectivity index (χ2v) is 7.20. The summed E-state index contributed by atoms with van der Waals surface area (Å²) in [5, 5.41) is 9.25. The Kier molecular flexibility index (Phi) is 4.36. The molecule has 1 aliphatic carbocycles. The van der Waals surface area contributed by atoms with Crippen molar-refractivity contribution in [3.05, 3.63) is 28.8 Å². The molecule has 0 spiro atoms. The number of hydrogen-bond donors (Lipinski definition) is 1. The summed E-state index contributed by atoms with van der Waals surface area (Å²) in [5.74, 6) is -1.00. The Labute approximate surface area is 123 Å². The molecule has 0 heterocycles. The number of carboxylic acid groups (broad SMARTS) is 1. The third-order valence-electron chi connectivity index (χ3n) is 3.24. The van der Waals surface area contributed by atoms with Crippen molar-refractivity contribution in [2.24, 2.45) is 0 Å². The van der Waals surface area contributed by atoms with Gasteiger partial charge in [0.1, 0.15) is 0 Å². The van der Waals surface area contributed by atoms with Crippen LogP contribution in [0.5, 0.6) is 0 Å². The zero-order valence-corrected chi connectivity index (χ0v) is 12.6. The summed E-state index contributed by atoms with van der Waals surface area (Å²) < 4.78 is 26.5. The topological polar surface area (TPSA) is 74.7 Å². The SMILES string of the molecule is Cc1cc(S(=O)(=O)N(CCC(=O)O)C2CC2)ccc1Cl. The van der Waals surface area contributed by atoms with E-state index in [4.69, 9.17) is 16.7 Å². The van der Waals surface area contributed by atoms with Gasteiger partial charge in [-0.25, -0.2) is 8.42 Å². The summed E-state index contributed by atoms with van der Waals surface area (Å²) in [4.78, 5) is 10.8. The van der Waals surface area contributed by atoms with Gasteiger partial charge in [0.15, 0.2) is 0 Å². The van der Waals surface area contributed by atoms with Crippen molar-refractivity contribution < 1.29 is 18.3 Å². The van der Waals surface area contributed by atoms with Gasteiger partial charge in [-0.05, 0) is 43.5 Å². The highest BCUT2D eigenvalue weighted by molar-refractivity contribution is 7.89. The lowest BCUT2D eigenvalue weighted by molar-refractivity contribution is -0.137. The van der Waals surface area contributed by atoms with Gasteiger partial charge < -0.3 is 5.11 Å². The predicted octanol–water partition coefficient (Wildman–Crippen LogP) is 2.28. The fourth-order valence-electron chi connectivity index (χ4n) is 1.98. The third kappa shape index (κ3) is 3.31. The molecule has 0 aromatic heterocycles. The lowest BCUT2D eigenvalue weighted by Gasteiger charge is -2.21. The molecule has 1 N–H and O–H groups in total. The van der Waals surface area contributed by atoms with Gasteiger partial charge in [0.05, 0.1) is 11.3 Å². The van der Waals surface area contributed by atoms with Crippen LogP contribution in [0.1, 0.15) is 24.8 Å². The molecule has 1 saturated carbocycles. The Hall–Kier alpha value is -1.11. The van der Waals surface area contributed by atoms with E-state index in [0.29, 0.717) is 10.6 Å². The van der Waals surface area contributed by atoms with Crippen LogP contribution in [0.15, 0.2) is 23.1 Å². The summed E-state index contributed by atoms with van der Waals surface area (Å²) in [5.41, 5.74) is 0.682. The minimum absolute atomic E-state index is 0.00398. The number of halogens is 1. The molecule has 1 aromatic rings. The van der Waals surface area contributed by atoms with Crippen molar-refractivity contribution in [3.63, 3.8) is 0 Å². The first-order chi connectivity index (χ1) is 9.32. The predicted molar refractivity (Wildman–Crippen MR) is 75.4 cm³/mol. The highest BCUT2D eigenvalue weighted by atomic mass is 35.5. The molecule has 1 fully saturated rings. The highest BCUT2D eigenvalue weighted by Gasteiger charge is 2.38. The number of carboxylic acids is 1. The molecule has 1 aliphatic rings. The monoisotopic (exact) mass is 317 g/mol. The summed E-state index contributed by atoms with van der Waals surface area (Å²) >= 11 is 5.90. The van der Waals surface area contributed by atoms with Crippen LogP contribution in [0.3, 0.4) is 0 Å². The smallest absolute Gasteiger partial charge is 0.304 e. The number of aliphatic carboxylic acids is 1. The molecule has 0 amide bonds. The first-order valence-corrected chi connectivity index (χ1v) is 8.14. The molecule has 0 atom stereocenters. The summed E-state index contributed by atoms with van der Waals surface area (Å²) in [6.45, 7) is 1.74. The average Bonchev–Trinajstić information content (AvgIpc) is 3.16. The second-order valence-electron chi connectivity index (χ2n) is 4.90. The normalized spacial score (nSPS) is 15.6. The Morgan fingerprint density at radius 3 is 2.60 bits per heavy atom. The zero-order chi connectivity index (χ0) is 14.9. The molecule has 5 nitrogen and oxygen atoms in total. The van der Waals surface area contributed by atoms with E-state index in [1.54, 1.807) is 13.0 Å². The van der Waals surface area contributed by atoms with Gasteiger partial charge in [0.25, 0.3) is 0 Å². The molecular weight excluding hydrogens is 302 g/mol. The van der Waals surface area contributed by atoms with Gasteiger partial charge in [-0.1, -0.05) is 11.6 Å². The van der Waals surface area contributed by atoms with Crippen molar-refractivity contribution in [1.29, 1.82) is 0 Å². The van der Waals surface area contributed by atoms with Crippen LogP contribution in [0, 0.1) is 6.92 Å². The van der Waals surface area contributed by atoms with E-state index >= 15 is 0 Å². The Morgan fingerprint density at radius 1 is 1.45 bits per heavy atom. The fraction of sp³-hybridized carbons (Fsp3) is 0.462. The van der Waals surface area contributed by atoms with E-state index in [0.717, 1.165) is 12.8 Å². The first kappa shape index (κ1) is 15.3. The molecule has 110 valence electrons. The molecule has 0 bridgehead atoms. The molecule has 0 radical (unpaired) electrons. The summed E-state index contributed by atoms with van der Waals surface area (Å²) in [6, 6.07) is 4.45. The van der Waals surface area contributed by atoms with Gasteiger partial charge in [-0.2, -0.15) is 4.31 Å². The van der Waals surface area contributed by atoms with Gasteiger partial charge in [0.2, 0.25) is 10.0 Å². The van der Waals surface area contributed by atoms with Crippen molar-refractivity contribution >= 4 is 27.6 Å². The Morgan fingerprint density at radius 2 is 2.10 bits per heavy atom. The number of sulfonamides is 1. The fourth-order valence-corrected chi connectivity index (χ4v) is 3.87. The van der Waals surface area contributed by atoms with E-state index in [1.807, 2.05) is 0 Å². The standard InChI is InChI=1S/C13H16ClNO4S/c1-9-8-11(4-5-12(9)14)20(18,19)15(10-2-3-10)7-6-13(16)17/h4-5,8,10H,2-3,6-7H2,1H3,(H,16,17). The Bertz CT molecular complexity index is 625. The lowest BCUT2D eigenvalue weighted by atomic mass is 10.2. The van der Waals surface area contributed by atoms with Crippen LogP contribution >= 0.6 is 11.6 Å². The molecule has 0 saturated heterocycles. The number of benzene rings is 1. The minimum Gasteiger partial charge on any atom is -0.481 e. The van der Waals surface area contributed by atoms with Crippen LogP contribution in [-0.4, -0.2) is 36.4 Å². The van der Waals surface area contributed by atoms with Gasteiger partial charge in [-0.15, -0.1) is 0 Å². The van der Waals surface area contributed by atoms with Crippen molar-refractivity contribution in [2.45, 2.75) is 37.1 Å². The van der Waals surface area contributed by atoms with Crippen LogP contribution in [0.4, 0.5) is 0 Å². The van der Waals surface area contributed by atoms with E-state index in [1.165, 1.54) is 16.4 Å². The highest BCUT2D eigenvalue weighted by Crippen LogP contribution is 2.33. The molecule has 0 unspecified atom stereocenters. The minimum atomic E-state index is -3.66. The average molecular weight is 318 g/mol. The van der Waals surface area contributed by atoms with Crippen LogP contribution in [0.2, 0.25) is 5.02 Å². The van der Waals surface area contributed by atoms with Crippen LogP contribution in [0.25, 0.3) is 0 Å². The first-order valence-electron chi connectivity index (χ1n) is 6.32. The quantitative estimate of drug-likeness (QED) is 0.873. The van der Waals surface area contributed by atoms with Gasteiger partial charge >= 0.3 is 5.97 Å². The lowest BCUT2D eigenvalue weighted by Crippen LogP contribution is -2.35. The maximum Gasteiger partial charge on any atom is 0.304 e. The van der Waals surface area contributed by atoms with E-state index in [-0.39, 0.29) is 23.9 Å². The van der Waals surface area contributed by atoms with Crippen molar-refractivity contribution in [1.82, 2.24) is 4.31 Å². The largest absolute Gasteiger partial charge is 0.481 e. The maximum absolute atomic E-state index is 12.6. The van der Waals surface area contributed by atoms with Crippen molar-refractivity contribution in [2.75, 3.05) is 6.54 Å². The maximum atomic E-state index is 12.6. The molecule has 1 aromatic carbocycles. The van der Waals surface area contributed by atoms with Crippen LogP contribution in [-0.2, 0) is 14.8 Å². The van der Waals surface area contributed by atoms with Crippen LogP contribution < -0.4 is 0 Å². The summed E-state index contributed by atoms with van der Waals surface area (Å²) in [6.07, 6.45) is 1.37. The molecular formula is C13H16ClNO4S. The Balaban J connectivity index is 2.29. The van der Waals surface area contributed by atoms with Crippen molar-refractivity contribution in [3.8, 4) is 0 Å². The molecule has 2 rings (SSSR count). The van der Waals surface area contributed by atoms with Gasteiger partial charge in [-0.3, -0.25) is 4.79 Å². The number of nitrogens with zero attached hydrogens (tertiary/aromatic N) is 1. The molecule has 7 heteroatoms. The van der Waals surface area contributed by atoms with E-state index < -0.39 is 16.0 Å². The number of aryl methyl sites for hydroxylation is 1. The zero-order valence-electron chi connectivity index (χ0n) is 11.0.